The molecule has 33 heavy (non-hydrogen) atoms. The molecule has 9 heteroatoms. The second-order valence-corrected chi connectivity index (χ2v) is 8.85. The number of rotatable bonds is 8. The number of anilines is 4. The summed E-state index contributed by atoms with van der Waals surface area (Å²) in [7, 11) is 4.04. The van der Waals surface area contributed by atoms with Crippen LogP contribution in [0.25, 0.3) is 0 Å². The summed E-state index contributed by atoms with van der Waals surface area (Å²) in [6, 6.07) is 12.1. The molecule has 0 bridgehead atoms. The lowest BCUT2D eigenvalue weighted by atomic mass is 9.96. The molecule has 1 aromatic carbocycles. The van der Waals surface area contributed by atoms with Gasteiger partial charge >= 0.3 is 0 Å². The lowest BCUT2D eigenvalue weighted by Crippen LogP contribution is -2.44. The molecule has 9 nitrogen and oxygen atoms in total. The summed E-state index contributed by atoms with van der Waals surface area (Å²) in [4.78, 5) is 19.2. The van der Waals surface area contributed by atoms with Crippen LogP contribution in [-0.4, -0.2) is 87.6 Å². The minimum Gasteiger partial charge on any atom is -0.379 e. The van der Waals surface area contributed by atoms with E-state index in [9.17, 15) is 4.79 Å². The first-order chi connectivity index (χ1) is 16.1. The Balaban J connectivity index is 1.21. The Hall–Kier alpha value is -2.91. The average Bonchev–Trinajstić information content (AvgIpc) is 2.85. The maximum atomic E-state index is 12.6. The van der Waals surface area contributed by atoms with Crippen molar-refractivity contribution in [2.24, 2.45) is 5.92 Å². The van der Waals surface area contributed by atoms with Gasteiger partial charge in [0.2, 0.25) is 5.91 Å². The number of piperidine rings is 1. The number of nitrogens with one attached hydrogen (secondary N) is 2. The van der Waals surface area contributed by atoms with Crippen molar-refractivity contribution >= 4 is 28.9 Å². The van der Waals surface area contributed by atoms with Gasteiger partial charge in [-0.3, -0.25) is 9.69 Å². The lowest BCUT2D eigenvalue weighted by Gasteiger charge is -2.32. The molecular weight excluding hydrogens is 418 g/mol. The summed E-state index contributed by atoms with van der Waals surface area (Å²) in [5.74, 6) is 1.82. The molecule has 1 amide bonds. The smallest absolute Gasteiger partial charge is 0.223 e. The Kier molecular flexibility index (Phi) is 7.96. The van der Waals surface area contributed by atoms with Gasteiger partial charge in [0, 0.05) is 70.7 Å². The first kappa shape index (κ1) is 23.3. The summed E-state index contributed by atoms with van der Waals surface area (Å²) in [5, 5.41) is 15.2. The van der Waals surface area contributed by atoms with E-state index in [0.29, 0.717) is 12.4 Å². The second-order valence-electron chi connectivity index (χ2n) is 8.85. The van der Waals surface area contributed by atoms with Crippen LogP contribution in [0.2, 0.25) is 0 Å². The molecule has 2 aliphatic rings. The quantitative estimate of drug-likeness (QED) is 0.627. The number of hydrogen-bond donors (Lipinski definition) is 2. The zero-order chi connectivity index (χ0) is 23.0. The SMILES string of the molecule is CN(C)c1cccc(Nc2ccc(N3CCC(C(=O)NCCN4CCOCC4)CC3)nn2)c1. The van der Waals surface area contributed by atoms with Gasteiger partial charge in [0.1, 0.15) is 0 Å². The number of amides is 1. The molecule has 0 aliphatic carbocycles. The summed E-state index contributed by atoms with van der Waals surface area (Å²) in [5.41, 5.74) is 2.10. The Labute approximate surface area is 196 Å². The fourth-order valence-electron chi connectivity index (χ4n) is 4.25. The van der Waals surface area contributed by atoms with Crippen molar-refractivity contribution in [3.05, 3.63) is 36.4 Å². The molecule has 0 spiro atoms. The van der Waals surface area contributed by atoms with Gasteiger partial charge < -0.3 is 25.2 Å². The van der Waals surface area contributed by atoms with Gasteiger partial charge in [-0.1, -0.05) is 6.07 Å². The van der Waals surface area contributed by atoms with Crippen LogP contribution in [-0.2, 0) is 9.53 Å². The van der Waals surface area contributed by atoms with Crippen molar-refractivity contribution in [2.45, 2.75) is 12.8 Å². The molecule has 2 N–H and O–H groups in total. The van der Waals surface area contributed by atoms with E-state index in [2.05, 4.69) is 47.7 Å². The van der Waals surface area contributed by atoms with Crippen molar-refractivity contribution in [3.63, 3.8) is 0 Å². The number of nitrogens with zero attached hydrogens (tertiary/aromatic N) is 5. The number of carbonyl (C=O) groups excluding carboxylic acids is 1. The number of benzene rings is 1. The topological polar surface area (TPSA) is 85.9 Å². The molecule has 0 unspecified atom stereocenters. The van der Waals surface area contributed by atoms with E-state index in [1.54, 1.807) is 0 Å². The van der Waals surface area contributed by atoms with E-state index in [1.807, 2.05) is 38.4 Å². The molecule has 0 radical (unpaired) electrons. The van der Waals surface area contributed by atoms with Crippen LogP contribution in [0.1, 0.15) is 12.8 Å². The van der Waals surface area contributed by atoms with Gasteiger partial charge in [-0.15, -0.1) is 10.2 Å². The van der Waals surface area contributed by atoms with E-state index in [4.69, 9.17) is 4.74 Å². The van der Waals surface area contributed by atoms with Crippen LogP contribution in [0.5, 0.6) is 0 Å². The highest BCUT2D eigenvalue weighted by molar-refractivity contribution is 5.79. The molecule has 1 aromatic heterocycles. The number of carbonyl (C=O) groups is 1. The van der Waals surface area contributed by atoms with E-state index in [0.717, 1.165) is 76.0 Å². The van der Waals surface area contributed by atoms with Gasteiger partial charge in [0.25, 0.3) is 0 Å². The van der Waals surface area contributed by atoms with E-state index >= 15 is 0 Å². The van der Waals surface area contributed by atoms with Crippen molar-refractivity contribution in [2.75, 3.05) is 81.7 Å². The maximum absolute atomic E-state index is 12.6. The Morgan fingerprint density at radius 2 is 1.88 bits per heavy atom. The molecule has 2 saturated heterocycles. The zero-order valence-corrected chi connectivity index (χ0v) is 19.7. The molecule has 178 valence electrons. The molecule has 3 heterocycles. The van der Waals surface area contributed by atoms with Gasteiger partial charge in [-0.05, 0) is 43.2 Å². The van der Waals surface area contributed by atoms with Crippen LogP contribution in [0.4, 0.5) is 23.0 Å². The molecular formula is C24H35N7O2. The number of ether oxygens (including phenoxy) is 1. The largest absolute Gasteiger partial charge is 0.379 e. The first-order valence-corrected chi connectivity index (χ1v) is 11.8. The third kappa shape index (κ3) is 6.55. The number of hydrogen-bond acceptors (Lipinski definition) is 8. The lowest BCUT2D eigenvalue weighted by molar-refractivity contribution is -0.125. The highest BCUT2D eigenvalue weighted by Crippen LogP contribution is 2.24. The van der Waals surface area contributed by atoms with Gasteiger partial charge in [0.05, 0.1) is 13.2 Å². The van der Waals surface area contributed by atoms with Crippen molar-refractivity contribution < 1.29 is 9.53 Å². The maximum Gasteiger partial charge on any atom is 0.223 e. The Bertz CT molecular complexity index is 892. The van der Waals surface area contributed by atoms with Gasteiger partial charge in [-0.2, -0.15) is 0 Å². The number of aromatic nitrogens is 2. The van der Waals surface area contributed by atoms with Crippen LogP contribution in [0, 0.1) is 5.92 Å². The van der Waals surface area contributed by atoms with Gasteiger partial charge in [-0.25, -0.2) is 0 Å². The van der Waals surface area contributed by atoms with Gasteiger partial charge in [0.15, 0.2) is 11.6 Å². The normalized spacial score (nSPS) is 17.6. The standard InChI is InChI=1S/C24H35N7O2/c1-29(2)21-5-3-4-20(18-21)26-22-6-7-23(28-27-22)31-11-8-19(9-12-31)24(32)25-10-13-30-14-16-33-17-15-30/h3-7,18-19H,8-17H2,1-2H3,(H,25,32)(H,26,27). The van der Waals surface area contributed by atoms with E-state index in [1.165, 1.54) is 0 Å². The third-order valence-electron chi connectivity index (χ3n) is 6.31. The van der Waals surface area contributed by atoms with Crippen LogP contribution in [0.3, 0.4) is 0 Å². The molecule has 2 fully saturated rings. The van der Waals surface area contributed by atoms with Crippen molar-refractivity contribution in [1.29, 1.82) is 0 Å². The summed E-state index contributed by atoms with van der Waals surface area (Å²) in [6.07, 6.45) is 1.67. The third-order valence-corrected chi connectivity index (χ3v) is 6.31. The van der Waals surface area contributed by atoms with E-state index < -0.39 is 0 Å². The average molecular weight is 454 g/mol. The Morgan fingerprint density at radius 3 is 2.58 bits per heavy atom. The first-order valence-electron chi connectivity index (χ1n) is 11.8. The molecule has 2 aliphatic heterocycles. The predicted molar refractivity (Wildman–Crippen MR) is 131 cm³/mol. The second kappa shape index (κ2) is 11.3. The molecule has 0 saturated carbocycles. The fourth-order valence-corrected chi connectivity index (χ4v) is 4.25. The highest BCUT2D eigenvalue weighted by atomic mass is 16.5. The Morgan fingerprint density at radius 1 is 1.09 bits per heavy atom. The van der Waals surface area contributed by atoms with Crippen molar-refractivity contribution in [1.82, 2.24) is 20.4 Å². The molecule has 4 rings (SSSR count). The molecule has 2 aromatic rings. The van der Waals surface area contributed by atoms with Crippen LogP contribution >= 0.6 is 0 Å². The van der Waals surface area contributed by atoms with Crippen LogP contribution in [0.15, 0.2) is 36.4 Å². The zero-order valence-electron chi connectivity index (χ0n) is 19.7. The molecule has 0 atom stereocenters. The predicted octanol–water partition coefficient (Wildman–Crippen LogP) is 1.95. The highest BCUT2D eigenvalue weighted by Gasteiger charge is 2.25. The summed E-state index contributed by atoms with van der Waals surface area (Å²) in [6.45, 7) is 6.70. The summed E-state index contributed by atoms with van der Waals surface area (Å²) < 4.78 is 5.37. The summed E-state index contributed by atoms with van der Waals surface area (Å²) >= 11 is 0. The monoisotopic (exact) mass is 453 g/mol. The van der Waals surface area contributed by atoms with Crippen LogP contribution < -0.4 is 20.4 Å². The number of morpholine rings is 1. The fraction of sp³-hybridized carbons (Fsp3) is 0.542. The minimum absolute atomic E-state index is 0.0730. The minimum atomic E-state index is 0.0730. The van der Waals surface area contributed by atoms with E-state index in [-0.39, 0.29) is 11.8 Å². The van der Waals surface area contributed by atoms with Crippen molar-refractivity contribution in [3.8, 4) is 0 Å².